The van der Waals surface area contributed by atoms with Crippen LogP contribution in [0.25, 0.3) is 0 Å². The summed E-state index contributed by atoms with van der Waals surface area (Å²) in [6.45, 7) is 3.68. The molecular formula is C13H20FN3. The van der Waals surface area contributed by atoms with E-state index in [9.17, 15) is 4.39 Å². The first-order valence-electron chi connectivity index (χ1n) is 5.95. The number of hydrogen-bond acceptors (Lipinski definition) is 3. The first-order valence-corrected chi connectivity index (χ1v) is 5.95. The maximum atomic E-state index is 13.0. The third kappa shape index (κ3) is 5.06. The first kappa shape index (κ1) is 13.8. The lowest BCUT2D eigenvalue weighted by atomic mass is 10.0. The topological polar surface area (TPSA) is 50.9 Å². The van der Waals surface area contributed by atoms with Gasteiger partial charge in [0.15, 0.2) is 0 Å². The van der Waals surface area contributed by atoms with Crippen LogP contribution in [0.4, 0.5) is 4.39 Å². The predicted molar refractivity (Wildman–Crippen MR) is 67.5 cm³/mol. The summed E-state index contributed by atoms with van der Waals surface area (Å²) in [5, 5.41) is 0. The molecule has 1 unspecified atom stereocenters. The zero-order chi connectivity index (χ0) is 12.5. The van der Waals surface area contributed by atoms with Crippen molar-refractivity contribution in [1.29, 1.82) is 0 Å². The summed E-state index contributed by atoms with van der Waals surface area (Å²) in [6, 6.07) is 1.45. The Morgan fingerprint density at radius 1 is 1.41 bits per heavy atom. The number of hydrogen-bond donors (Lipinski definition) is 2. The van der Waals surface area contributed by atoms with Gasteiger partial charge in [0.05, 0.1) is 6.20 Å². The fraction of sp³-hybridized carbons (Fsp3) is 0.462. The van der Waals surface area contributed by atoms with Gasteiger partial charge < -0.3 is 0 Å². The van der Waals surface area contributed by atoms with Crippen LogP contribution in [-0.2, 0) is 0 Å². The van der Waals surface area contributed by atoms with Gasteiger partial charge in [0.25, 0.3) is 0 Å². The lowest BCUT2D eigenvalue weighted by Gasteiger charge is -2.15. The number of nitrogens with two attached hydrogens (primary N) is 1. The maximum absolute atomic E-state index is 13.0. The molecular weight excluding hydrogens is 217 g/mol. The minimum atomic E-state index is -0.325. The Morgan fingerprint density at radius 3 is 2.88 bits per heavy atom. The van der Waals surface area contributed by atoms with Crippen LogP contribution >= 0.6 is 0 Å². The number of aromatic nitrogens is 1. The number of halogens is 1. The highest BCUT2D eigenvalue weighted by molar-refractivity contribution is 5.14. The van der Waals surface area contributed by atoms with Crippen molar-refractivity contribution in [2.75, 3.05) is 0 Å². The molecule has 0 fully saturated rings. The van der Waals surface area contributed by atoms with Crippen molar-refractivity contribution < 1.29 is 4.39 Å². The molecule has 0 amide bonds. The van der Waals surface area contributed by atoms with Crippen molar-refractivity contribution in [2.45, 2.75) is 38.1 Å². The van der Waals surface area contributed by atoms with Crippen molar-refractivity contribution in [3.8, 4) is 0 Å². The monoisotopic (exact) mass is 237 g/mol. The third-order valence-corrected chi connectivity index (χ3v) is 2.73. The van der Waals surface area contributed by atoms with Crippen LogP contribution in [0.3, 0.4) is 0 Å². The van der Waals surface area contributed by atoms with Gasteiger partial charge in [-0.2, -0.15) is 0 Å². The molecule has 1 atom stereocenters. The number of nitrogens with one attached hydrogen (secondary N) is 1. The summed E-state index contributed by atoms with van der Waals surface area (Å²) in [5.41, 5.74) is 3.51. The highest BCUT2D eigenvalue weighted by Crippen LogP contribution is 2.19. The molecule has 0 aliphatic carbocycles. The molecule has 3 nitrogen and oxygen atoms in total. The van der Waals surface area contributed by atoms with E-state index in [0.29, 0.717) is 0 Å². The zero-order valence-corrected chi connectivity index (χ0v) is 10.0. The van der Waals surface area contributed by atoms with Crippen LogP contribution in [0.1, 0.15) is 43.7 Å². The Kier molecular flexibility index (Phi) is 6.43. The molecule has 0 spiro atoms. The Balaban J connectivity index is 2.40. The molecule has 1 aromatic heterocycles. The third-order valence-electron chi connectivity index (χ3n) is 2.73. The highest BCUT2D eigenvalue weighted by atomic mass is 19.1. The fourth-order valence-electron chi connectivity index (χ4n) is 1.78. The number of nitrogens with zero attached hydrogens (tertiary/aromatic N) is 1. The second kappa shape index (κ2) is 7.92. The van der Waals surface area contributed by atoms with E-state index in [1.807, 2.05) is 6.08 Å². The van der Waals surface area contributed by atoms with Gasteiger partial charge in [-0.25, -0.2) is 4.39 Å². The SMILES string of the molecule is C=CCCCCCC(NN)c1cncc(F)c1. The van der Waals surface area contributed by atoms with Crippen LogP contribution in [0, 0.1) is 5.82 Å². The molecule has 94 valence electrons. The second-order valence-corrected chi connectivity index (χ2v) is 4.08. The van der Waals surface area contributed by atoms with Crippen molar-refractivity contribution in [3.05, 3.63) is 42.5 Å². The van der Waals surface area contributed by atoms with Crippen LogP contribution < -0.4 is 11.3 Å². The molecule has 1 aromatic rings. The molecule has 17 heavy (non-hydrogen) atoms. The van der Waals surface area contributed by atoms with Gasteiger partial charge >= 0.3 is 0 Å². The summed E-state index contributed by atoms with van der Waals surface area (Å²) in [7, 11) is 0. The minimum Gasteiger partial charge on any atom is -0.271 e. The summed E-state index contributed by atoms with van der Waals surface area (Å²) in [4.78, 5) is 3.83. The predicted octanol–water partition coefficient (Wildman–Crippen LogP) is 2.86. The quantitative estimate of drug-likeness (QED) is 0.316. The Hall–Kier alpha value is -1.26. The van der Waals surface area contributed by atoms with E-state index in [4.69, 9.17) is 5.84 Å². The van der Waals surface area contributed by atoms with Gasteiger partial charge in [-0.05, 0) is 30.9 Å². The van der Waals surface area contributed by atoms with Crippen LogP contribution in [0.5, 0.6) is 0 Å². The number of pyridine rings is 1. The second-order valence-electron chi connectivity index (χ2n) is 4.08. The van der Waals surface area contributed by atoms with Crippen LogP contribution in [0.2, 0.25) is 0 Å². The standard InChI is InChI=1S/C13H20FN3/c1-2-3-4-5-6-7-13(17-15)11-8-12(14)10-16-9-11/h2,8-10,13,17H,1,3-7,15H2. The van der Waals surface area contributed by atoms with E-state index in [1.54, 1.807) is 6.20 Å². The molecule has 1 heterocycles. The molecule has 0 aliphatic heterocycles. The number of rotatable bonds is 8. The molecule has 0 saturated heterocycles. The maximum Gasteiger partial charge on any atom is 0.141 e. The van der Waals surface area contributed by atoms with E-state index in [0.717, 1.165) is 37.7 Å². The average molecular weight is 237 g/mol. The van der Waals surface area contributed by atoms with Crippen molar-refractivity contribution in [1.82, 2.24) is 10.4 Å². The normalized spacial score (nSPS) is 12.4. The van der Waals surface area contributed by atoms with E-state index in [2.05, 4.69) is 17.0 Å². The molecule has 0 aliphatic rings. The molecule has 4 heteroatoms. The first-order chi connectivity index (χ1) is 8.27. The minimum absolute atomic E-state index is 0.0260. The van der Waals surface area contributed by atoms with Crippen LogP contribution in [0.15, 0.2) is 31.1 Å². The Bertz CT molecular complexity index is 341. The molecule has 3 N–H and O–H groups in total. The Morgan fingerprint density at radius 2 is 2.24 bits per heavy atom. The molecule has 1 rings (SSSR count). The summed E-state index contributed by atoms with van der Waals surface area (Å²) in [6.07, 6.45) is 10.0. The number of unbranched alkanes of at least 4 members (excludes halogenated alkanes) is 3. The number of allylic oxidation sites excluding steroid dienone is 1. The van der Waals surface area contributed by atoms with Gasteiger partial charge in [0.1, 0.15) is 5.82 Å². The van der Waals surface area contributed by atoms with Gasteiger partial charge in [0, 0.05) is 12.2 Å². The van der Waals surface area contributed by atoms with E-state index < -0.39 is 0 Å². The molecule has 0 bridgehead atoms. The summed E-state index contributed by atoms with van der Waals surface area (Å²) < 4.78 is 13.0. The van der Waals surface area contributed by atoms with Crippen molar-refractivity contribution in [3.63, 3.8) is 0 Å². The number of hydrazine groups is 1. The van der Waals surface area contributed by atoms with E-state index in [1.165, 1.54) is 12.3 Å². The lowest BCUT2D eigenvalue weighted by molar-refractivity contribution is 0.479. The van der Waals surface area contributed by atoms with Crippen LogP contribution in [-0.4, -0.2) is 4.98 Å². The average Bonchev–Trinajstić information content (AvgIpc) is 2.34. The van der Waals surface area contributed by atoms with Gasteiger partial charge in [-0.15, -0.1) is 6.58 Å². The highest BCUT2D eigenvalue weighted by Gasteiger charge is 2.10. The largest absolute Gasteiger partial charge is 0.271 e. The molecule has 0 saturated carbocycles. The van der Waals surface area contributed by atoms with Crippen molar-refractivity contribution in [2.24, 2.45) is 5.84 Å². The fourth-order valence-corrected chi connectivity index (χ4v) is 1.78. The Labute approximate surface area is 102 Å². The van der Waals surface area contributed by atoms with E-state index in [-0.39, 0.29) is 11.9 Å². The van der Waals surface area contributed by atoms with Gasteiger partial charge in [-0.3, -0.25) is 16.3 Å². The van der Waals surface area contributed by atoms with Gasteiger partial charge in [0.2, 0.25) is 0 Å². The molecule has 0 aromatic carbocycles. The summed E-state index contributed by atoms with van der Waals surface area (Å²) in [5.74, 6) is 5.15. The molecule has 0 radical (unpaired) electrons. The smallest absolute Gasteiger partial charge is 0.141 e. The van der Waals surface area contributed by atoms with Gasteiger partial charge in [-0.1, -0.05) is 18.9 Å². The lowest BCUT2D eigenvalue weighted by Crippen LogP contribution is -2.28. The van der Waals surface area contributed by atoms with E-state index >= 15 is 0 Å². The summed E-state index contributed by atoms with van der Waals surface area (Å²) >= 11 is 0. The van der Waals surface area contributed by atoms with Crippen molar-refractivity contribution >= 4 is 0 Å². The zero-order valence-electron chi connectivity index (χ0n) is 10.0.